The molecule has 2 atom stereocenters. The summed E-state index contributed by atoms with van der Waals surface area (Å²) in [6.45, 7) is 4.86. The minimum atomic E-state index is -0.229. The first-order valence-electron chi connectivity index (χ1n) is 6.12. The van der Waals surface area contributed by atoms with E-state index in [2.05, 4.69) is 20.8 Å². The second-order valence-corrected chi connectivity index (χ2v) is 5.45. The Labute approximate surface area is 115 Å². The first kappa shape index (κ1) is 13.9. The van der Waals surface area contributed by atoms with Gasteiger partial charge < -0.3 is 10.5 Å². The molecule has 18 heavy (non-hydrogen) atoms. The smallest absolute Gasteiger partial charge is 0.123 e. The number of hydrogen-bond acceptors (Lipinski definition) is 3. The van der Waals surface area contributed by atoms with Crippen molar-refractivity contribution in [2.45, 2.75) is 19.1 Å². The predicted octanol–water partition coefficient (Wildman–Crippen LogP) is 2.31. The average Bonchev–Trinajstić information content (AvgIpc) is 2.35. The maximum atomic E-state index is 13.4. The number of morpholine rings is 1. The standard InChI is InChI=1S/C13H18BrFN2O/c1-9-8-17(4-5-18-9)13(7-16)11-6-10(15)2-3-12(11)14/h2-3,6,9,13H,4-5,7-8,16H2,1H3. The highest BCUT2D eigenvalue weighted by Crippen LogP contribution is 2.29. The highest BCUT2D eigenvalue weighted by molar-refractivity contribution is 9.10. The molecule has 0 spiro atoms. The molecule has 0 radical (unpaired) electrons. The Morgan fingerprint density at radius 2 is 2.39 bits per heavy atom. The van der Waals surface area contributed by atoms with E-state index in [1.807, 2.05) is 6.92 Å². The van der Waals surface area contributed by atoms with Gasteiger partial charge in [0.1, 0.15) is 5.82 Å². The van der Waals surface area contributed by atoms with Crippen LogP contribution in [0.1, 0.15) is 18.5 Å². The topological polar surface area (TPSA) is 38.5 Å². The van der Waals surface area contributed by atoms with Crippen LogP contribution in [0.3, 0.4) is 0 Å². The van der Waals surface area contributed by atoms with E-state index in [9.17, 15) is 4.39 Å². The quantitative estimate of drug-likeness (QED) is 0.930. The summed E-state index contributed by atoms with van der Waals surface area (Å²) in [6.07, 6.45) is 0.195. The molecule has 0 bridgehead atoms. The number of hydrogen-bond donors (Lipinski definition) is 1. The highest BCUT2D eigenvalue weighted by Gasteiger charge is 2.26. The van der Waals surface area contributed by atoms with Crippen LogP contribution in [-0.2, 0) is 4.74 Å². The zero-order chi connectivity index (χ0) is 13.1. The van der Waals surface area contributed by atoms with Crippen LogP contribution >= 0.6 is 15.9 Å². The molecule has 2 N–H and O–H groups in total. The van der Waals surface area contributed by atoms with Gasteiger partial charge in [-0.3, -0.25) is 4.90 Å². The Balaban J connectivity index is 2.24. The van der Waals surface area contributed by atoms with Gasteiger partial charge in [-0.15, -0.1) is 0 Å². The Bertz CT molecular complexity index is 416. The SMILES string of the molecule is CC1CN(C(CN)c2cc(F)ccc2Br)CCO1. The van der Waals surface area contributed by atoms with E-state index in [-0.39, 0.29) is 18.0 Å². The van der Waals surface area contributed by atoms with Gasteiger partial charge in [0.15, 0.2) is 0 Å². The maximum absolute atomic E-state index is 13.4. The molecular weight excluding hydrogens is 299 g/mol. The molecule has 1 aromatic carbocycles. The van der Waals surface area contributed by atoms with Gasteiger partial charge in [0, 0.05) is 30.1 Å². The van der Waals surface area contributed by atoms with Gasteiger partial charge in [0.2, 0.25) is 0 Å². The lowest BCUT2D eigenvalue weighted by molar-refractivity contribution is -0.0334. The molecular formula is C13H18BrFN2O. The summed E-state index contributed by atoms with van der Waals surface area (Å²) >= 11 is 3.47. The largest absolute Gasteiger partial charge is 0.376 e. The number of halogens is 2. The Kier molecular flexibility index (Phi) is 4.72. The molecule has 3 nitrogen and oxygen atoms in total. The van der Waals surface area contributed by atoms with E-state index < -0.39 is 0 Å². The van der Waals surface area contributed by atoms with E-state index in [4.69, 9.17) is 10.5 Å². The molecule has 0 aromatic heterocycles. The Morgan fingerprint density at radius 3 is 3.06 bits per heavy atom. The Hall–Kier alpha value is -0.490. The van der Waals surface area contributed by atoms with Crippen molar-refractivity contribution >= 4 is 15.9 Å². The first-order chi connectivity index (χ1) is 8.61. The third-order valence-corrected chi connectivity index (χ3v) is 3.98. The van der Waals surface area contributed by atoms with Gasteiger partial charge in [-0.1, -0.05) is 15.9 Å². The molecule has 1 aromatic rings. The van der Waals surface area contributed by atoms with Crippen molar-refractivity contribution in [2.75, 3.05) is 26.2 Å². The summed E-state index contributed by atoms with van der Waals surface area (Å²) in [5, 5.41) is 0. The number of ether oxygens (including phenoxy) is 1. The number of rotatable bonds is 3. The number of nitrogens with zero attached hydrogens (tertiary/aromatic N) is 1. The minimum Gasteiger partial charge on any atom is -0.376 e. The van der Waals surface area contributed by atoms with Crippen molar-refractivity contribution < 1.29 is 9.13 Å². The zero-order valence-corrected chi connectivity index (χ0v) is 12.0. The molecule has 0 amide bonds. The summed E-state index contributed by atoms with van der Waals surface area (Å²) in [4.78, 5) is 2.26. The van der Waals surface area contributed by atoms with Crippen molar-refractivity contribution in [3.63, 3.8) is 0 Å². The Morgan fingerprint density at radius 1 is 1.61 bits per heavy atom. The first-order valence-corrected chi connectivity index (χ1v) is 6.91. The zero-order valence-electron chi connectivity index (χ0n) is 10.4. The lowest BCUT2D eigenvalue weighted by Crippen LogP contribution is -2.45. The number of nitrogens with two attached hydrogens (primary N) is 1. The second-order valence-electron chi connectivity index (χ2n) is 4.59. The van der Waals surface area contributed by atoms with E-state index in [0.717, 1.165) is 23.1 Å². The van der Waals surface area contributed by atoms with Crippen LogP contribution in [0, 0.1) is 5.82 Å². The van der Waals surface area contributed by atoms with Crippen molar-refractivity contribution in [2.24, 2.45) is 5.73 Å². The molecule has 0 aliphatic carbocycles. The fourth-order valence-electron chi connectivity index (χ4n) is 2.37. The van der Waals surface area contributed by atoms with Gasteiger partial charge in [0.05, 0.1) is 12.7 Å². The summed E-state index contributed by atoms with van der Waals surface area (Å²) in [7, 11) is 0. The second kappa shape index (κ2) is 6.10. The summed E-state index contributed by atoms with van der Waals surface area (Å²) < 4.78 is 19.8. The van der Waals surface area contributed by atoms with Gasteiger partial charge in [-0.2, -0.15) is 0 Å². The van der Waals surface area contributed by atoms with Crippen LogP contribution < -0.4 is 5.73 Å². The van der Waals surface area contributed by atoms with Crippen LogP contribution in [0.2, 0.25) is 0 Å². The lowest BCUT2D eigenvalue weighted by Gasteiger charge is -2.37. The van der Waals surface area contributed by atoms with Crippen LogP contribution in [0.5, 0.6) is 0 Å². The minimum absolute atomic E-state index is 0.0291. The van der Waals surface area contributed by atoms with E-state index in [0.29, 0.717) is 13.2 Å². The molecule has 5 heteroatoms. The van der Waals surface area contributed by atoms with Crippen LogP contribution in [-0.4, -0.2) is 37.2 Å². The van der Waals surface area contributed by atoms with Crippen LogP contribution in [0.4, 0.5) is 4.39 Å². The van der Waals surface area contributed by atoms with E-state index in [1.165, 1.54) is 6.07 Å². The lowest BCUT2D eigenvalue weighted by atomic mass is 10.0. The molecule has 0 saturated carbocycles. The van der Waals surface area contributed by atoms with Gasteiger partial charge in [-0.25, -0.2) is 4.39 Å². The summed E-state index contributed by atoms with van der Waals surface area (Å²) in [6, 6.07) is 4.77. The third kappa shape index (κ3) is 3.09. The van der Waals surface area contributed by atoms with Crippen LogP contribution in [0.25, 0.3) is 0 Å². The normalized spacial score (nSPS) is 23.0. The maximum Gasteiger partial charge on any atom is 0.123 e. The molecule has 1 aliphatic heterocycles. The molecule has 2 rings (SSSR count). The number of benzene rings is 1. The monoisotopic (exact) mass is 316 g/mol. The molecule has 1 saturated heterocycles. The van der Waals surface area contributed by atoms with E-state index >= 15 is 0 Å². The highest BCUT2D eigenvalue weighted by atomic mass is 79.9. The summed E-state index contributed by atoms with van der Waals surface area (Å²) in [5.41, 5.74) is 6.78. The molecule has 1 aliphatic rings. The van der Waals surface area contributed by atoms with Gasteiger partial charge in [0.25, 0.3) is 0 Å². The molecule has 1 fully saturated rings. The summed E-state index contributed by atoms with van der Waals surface area (Å²) in [5.74, 6) is -0.229. The van der Waals surface area contributed by atoms with Gasteiger partial charge in [-0.05, 0) is 30.7 Å². The van der Waals surface area contributed by atoms with Crippen LogP contribution in [0.15, 0.2) is 22.7 Å². The van der Waals surface area contributed by atoms with Gasteiger partial charge >= 0.3 is 0 Å². The van der Waals surface area contributed by atoms with E-state index in [1.54, 1.807) is 12.1 Å². The van der Waals surface area contributed by atoms with Crippen molar-refractivity contribution in [3.05, 3.63) is 34.1 Å². The third-order valence-electron chi connectivity index (χ3n) is 3.25. The van der Waals surface area contributed by atoms with Crippen molar-refractivity contribution in [1.82, 2.24) is 4.90 Å². The fourth-order valence-corrected chi connectivity index (χ4v) is 2.88. The predicted molar refractivity (Wildman–Crippen MR) is 72.9 cm³/mol. The molecule has 1 heterocycles. The molecule has 2 unspecified atom stereocenters. The molecule has 100 valence electrons. The van der Waals surface area contributed by atoms with Crippen molar-refractivity contribution in [1.29, 1.82) is 0 Å². The average molecular weight is 317 g/mol. The van der Waals surface area contributed by atoms with Crippen molar-refractivity contribution in [3.8, 4) is 0 Å². The fraction of sp³-hybridized carbons (Fsp3) is 0.538.